The van der Waals surface area contributed by atoms with Crippen LogP contribution < -0.4 is 0 Å². The molecule has 2 aromatic rings. The fourth-order valence-electron chi connectivity index (χ4n) is 2.16. The predicted molar refractivity (Wildman–Crippen MR) is 81.2 cm³/mol. The Labute approximate surface area is 123 Å². The quantitative estimate of drug-likeness (QED) is 0.872. The molecule has 2 aromatic carbocycles. The summed E-state index contributed by atoms with van der Waals surface area (Å²) < 4.78 is 0. The molecular weight excluding hydrogens is 279 g/mol. The first-order chi connectivity index (χ1) is 9.10. The molecule has 0 spiro atoms. The van der Waals surface area contributed by atoms with Gasteiger partial charge in [-0.3, -0.25) is 0 Å². The summed E-state index contributed by atoms with van der Waals surface area (Å²) in [5, 5.41) is 10.9. The lowest BCUT2D eigenvalue weighted by Crippen LogP contribution is -2.08. The largest absolute Gasteiger partial charge is 0.396 e. The van der Waals surface area contributed by atoms with Crippen LogP contribution in [-0.2, 0) is 6.42 Å². The van der Waals surface area contributed by atoms with E-state index in [1.54, 1.807) is 6.07 Å². The van der Waals surface area contributed by atoms with Crippen molar-refractivity contribution in [2.45, 2.75) is 19.3 Å². The highest BCUT2D eigenvalue weighted by atomic mass is 35.5. The highest BCUT2D eigenvalue weighted by Gasteiger charge is 2.13. The molecule has 1 unspecified atom stereocenters. The van der Waals surface area contributed by atoms with E-state index >= 15 is 0 Å². The lowest BCUT2D eigenvalue weighted by atomic mass is 9.92. The Kier molecular flexibility index (Phi) is 4.87. The Balaban J connectivity index is 2.24. The molecule has 0 aliphatic rings. The Bertz CT molecular complexity index is 566. The zero-order valence-corrected chi connectivity index (χ0v) is 12.2. The molecule has 0 bridgehead atoms. The van der Waals surface area contributed by atoms with E-state index in [0.29, 0.717) is 16.5 Å². The number of hydrogen-bond acceptors (Lipinski definition) is 1. The van der Waals surface area contributed by atoms with Gasteiger partial charge in [-0.2, -0.15) is 0 Å². The van der Waals surface area contributed by atoms with Gasteiger partial charge in [0.2, 0.25) is 0 Å². The fourth-order valence-corrected chi connectivity index (χ4v) is 2.65. The molecule has 0 aliphatic heterocycles. The standard InChI is InChI=1S/C16H16Cl2O/c1-11-3-2-4-12(7-11)14(10-19)8-13-5-6-15(17)9-16(13)18/h2-7,9,14,19H,8,10H2,1H3. The van der Waals surface area contributed by atoms with E-state index in [1.165, 1.54) is 5.56 Å². The predicted octanol–water partition coefficient (Wildman–Crippen LogP) is 4.62. The number of halogens is 2. The van der Waals surface area contributed by atoms with E-state index in [-0.39, 0.29) is 12.5 Å². The van der Waals surface area contributed by atoms with Crippen molar-refractivity contribution >= 4 is 23.2 Å². The van der Waals surface area contributed by atoms with E-state index < -0.39 is 0 Å². The molecule has 1 atom stereocenters. The summed E-state index contributed by atoms with van der Waals surface area (Å²) in [7, 11) is 0. The summed E-state index contributed by atoms with van der Waals surface area (Å²) in [6.45, 7) is 2.15. The number of aliphatic hydroxyl groups excluding tert-OH is 1. The Morgan fingerprint density at radius 2 is 1.89 bits per heavy atom. The van der Waals surface area contributed by atoms with Crippen LogP contribution in [0.3, 0.4) is 0 Å². The molecule has 1 nitrogen and oxygen atoms in total. The maximum absolute atomic E-state index is 9.61. The Hall–Kier alpha value is -1.02. The van der Waals surface area contributed by atoms with Gasteiger partial charge in [-0.1, -0.05) is 59.1 Å². The minimum atomic E-state index is 0.0542. The van der Waals surface area contributed by atoms with Crippen LogP contribution in [0.1, 0.15) is 22.6 Å². The van der Waals surface area contributed by atoms with Crippen LogP contribution in [0, 0.1) is 6.92 Å². The van der Waals surface area contributed by atoms with Gasteiger partial charge < -0.3 is 5.11 Å². The number of benzene rings is 2. The van der Waals surface area contributed by atoms with Crippen LogP contribution in [0.2, 0.25) is 10.0 Å². The maximum atomic E-state index is 9.61. The molecule has 19 heavy (non-hydrogen) atoms. The van der Waals surface area contributed by atoms with Gasteiger partial charge in [0.1, 0.15) is 0 Å². The van der Waals surface area contributed by atoms with Crippen LogP contribution in [0.4, 0.5) is 0 Å². The molecule has 0 aromatic heterocycles. The van der Waals surface area contributed by atoms with Crippen molar-refractivity contribution in [3.05, 3.63) is 69.2 Å². The van der Waals surface area contributed by atoms with Crippen molar-refractivity contribution in [2.24, 2.45) is 0 Å². The van der Waals surface area contributed by atoms with Crippen molar-refractivity contribution in [3.63, 3.8) is 0 Å². The summed E-state index contributed by atoms with van der Waals surface area (Å²) in [6.07, 6.45) is 0.704. The molecule has 0 aliphatic carbocycles. The summed E-state index contributed by atoms with van der Waals surface area (Å²) in [6, 6.07) is 13.7. The lowest BCUT2D eigenvalue weighted by molar-refractivity contribution is 0.264. The first-order valence-electron chi connectivity index (χ1n) is 6.21. The van der Waals surface area contributed by atoms with Crippen LogP contribution >= 0.6 is 23.2 Å². The van der Waals surface area contributed by atoms with Gasteiger partial charge in [-0.15, -0.1) is 0 Å². The van der Waals surface area contributed by atoms with Gasteiger partial charge in [-0.25, -0.2) is 0 Å². The lowest BCUT2D eigenvalue weighted by Gasteiger charge is -2.16. The highest BCUT2D eigenvalue weighted by molar-refractivity contribution is 6.35. The third kappa shape index (κ3) is 3.73. The van der Waals surface area contributed by atoms with Gasteiger partial charge in [0.15, 0.2) is 0 Å². The summed E-state index contributed by atoms with van der Waals surface area (Å²) in [4.78, 5) is 0. The minimum Gasteiger partial charge on any atom is -0.396 e. The molecule has 1 N–H and O–H groups in total. The summed E-state index contributed by atoms with van der Waals surface area (Å²) in [5.41, 5.74) is 3.33. The molecule has 2 rings (SSSR count). The number of aliphatic hydroxyl groups is 1. The third-order valence-electron chi connectivity index (χ3n) is 3.22. The van der Waals surface area contributed by atoms with Crippen molar-refractivity contribution in [2.75, 3.05) is 6.61 Å². The van der Waals surface area contributed by atoms with Crippen molar-refractivity contribution < 1.29 is 5.11 Å². The van der Waals surface area contributed by atoms with Crippen LogP contribution in [-0.4, -0.2) is 11.7 Å². The molecular formula is C16H16Cl2O. The van der Waals surface area contributed by atoms with Gasteiger partial charge in [0, 0.05) is 16.0 Å². The second-order valence-corrected chi connectivity index (χ2v) is 5.58. The number of hydrogen-bond donors (Lipinski definition) is 1. The molecule has 100 valence electrons. The average Bonchev–Trinajstić information content (AvgIpc) is 2.38. The van der Waals surface area contributed by atoms with Gasteiger partial charge in [0.05, 0.1) is 6.61 Å². The highest BCUT2D eigenvalue weighted by Crippen LogP contribution is 2.27. The number of aryl methyl sites for hydroxylation is 1. The van der Waals surface area contributed by atoms with Crippen LogP contribution in [0.25, 0.3) is 0 Å². The molecule has 0 fully saturated rings. The fraction of sp³-hybridized carbons (Fsp3) is 0.250. The molecule has 0 heterocycles. The first kappa shape index (κ1) is 14.4. The maximum Gasteiger partial charge on any atom is 0.0502 e. The van der Waals surface area contributed by atoms with Gasteiger partial charge in [0.25, 0.3) is 0 Å². The third-order valence-corrected chi connectivity index (χ3v) is 3.80. The molecule has 0 amide bonds. The van der Waals surface area contributed by atoms with Crippen molar-refractivity contribution in [3.8, 4) is 0 Å². The zero-order valence-electron chi connectivity index (χ0n) is 10.7. The van der Waals surface area contributed by atoms with Gasteiger partial charge in [-0.05, 0) is 36.6 Å². The topological polar surface area (TPSA) is 20.2 Å². The second-order valence-electron chi connectivity index (χ2n) is 4.73. The van der Waals surface area contributed by atoms with Crippen LogP contribution in [0.5, 0.6) is 0 Å². The minimum absolute atomic E-state index is 0.0542. The van der Waals surface area contributed by atoms with E-state index in [2.05, 4.69) is 6.07 Å². The smallest absolute Gasteiger partial charge is 0.0502 e. The monoisotopic (exact) mass is 294 g/mol. The first-order valence-corrected chi connectivity index (χ1v) is 6.97. The van der Waals surface area contributed by atoms with E-state index in [0.717, 1.165) is 11.1 Å². The van der Waals surface area contributed by atoms with Gasteiger partial charge >= 0.3 is 0 Å². The summed E-state index contributed by atoms with van der Waals surface area (Å²) in [5.74, 6) is 0.0542. The normalized spacial score (nSPS) is 12.4. The Morgan fingerprint density at radius 3 is 2.53 bits per heavy atom. The zero-order chi connectivity index (χ0) is 13.8. The molecule has 0 saturated heterocycles. The van der Waals surface area contributed by atoms with Crippen molar-refractivity contribution in [1.82, 2.24) is 0 Å². The van der Waals surface area contributed by atoms with E-state index in [4.69, 9.17) is 23.2 Å². The average molecular weight is 295 g/mol. The Morgan fingerprint density at radius 1 is 1.11 bits per heavy atom. The second kappa shape index (κ2) is 6.42. The van der Waals surface area contributed by atoms with Crippen LogP contribution in [0.15, 0.2) is 42.5 Å². The van der Waals surface area contributed by atoms with E-state index in [9.17, 15) is 5.11 Å². The van der Waals surface area contributed by atoms with E-state index in [1.807, 2.05) is 37.3 Å². The SMILES string of the molecule is Cc1cccc(C(CO)Cc2ccc(Cl)cc2Cl)c1. The molecule has 0 saturated carbocycles. The number of rotatable bonds is 4. The molecule has 3 heteroatoms. The van der Waals surface area contributed by atoms with Crippen molar-refractivity contribution in [1.29, 1.82) is 0 Å². The summed E-state index contributed by atoms with van der Waals surface area (Å²) >= 11 is 12.1. The molecule has 0 radical (unpaired) electrons.